The van der Waals surface area contributed by atoms with Crippen LogP contribution in [0, 0.1) is 0 Å². The molecule has 1 rings (SSSR count). The molecule has 76 valence electrons. The number of amides is 1. The summed E-state index contributed by atoms with van der Waals surface area (Å²) in [6, 6.07) is 7.00. The first-order valence-electron chi connectivity index (χ1n) is 4.66. The van der Waals surface area contributed by atoms with E-state index >= 15 is 0 Å². The zero-order chi connectivity index (χ0) is 10.6. The van der Waals surface area contributed by atoms with Gasteiger partial charge in [-0.15, -0.1) is 0 Å². The summed E-state index contributed by atoms with van der Waals surface area (Å²) in [6.45, 7) is 3.81. The number of phenolic OH excluding ortho intramolecular Hbond substituents is 1. The number of nitrogens with one attached hydrogen (secondary N) is 1. The van der Waals surface area contributed by atoms with E-state index in [2.05, 4.69) is 5.32 Å². The number of carbonyl (C=O) groups excluding carboxylic acids is 1. The molecule has 0 saturated carbocycles. The lowest BCUT2D eigenvalue weighted by molar-refractivity contribution is -0.120. The average Bonchev–Trinajstić information content (AvgIpc) is 2.07. The van der Waals surface area contributed by atoms with Crippen molar-refractivity contribution in [2.45, 2.75) is 26.3 Å². The predicted molar refractivity (Wildman–Crippen MR) is 55.1 cm³/mol. The summed E-state index contributed by atoms with van der Waals surface area (Å²) in [5.74, 6) is 0.105. The van der Waals surface area contributed by atoms with E-state index in [9.17, 15) is 9.90 Å². The van der Waals surface area contributed by atoms with Gasteiger partial charge in [-0.25, -0.2) is 0 Å². The van der Waals surface area contributed by atoms with Crippen LogP contribution < -0.4 is 5.32 Å². The van der Waals surface area contributed by atoms with Gasteiger partial charge in [-0.1, -0.05) is 18.2 Å². The van der Waals surface area contributed by atoms with E-state index in [-0.39, 0.29) is 24.1 Å². The fourth-order valence-corrected chi connectivity index (χ4v) is 1.21. The Morgan fingerprint density at radius 3 is 2.64 bits per heavy atom. The topological polar surface area (TPSA) is 49.3 Å². The van der Waals surface area contributed by atoms with Crippen molar-refractivity contribution < 1.29 is 9.90 Å². The van der Waals surface area contributed by atoms with Crippen molar-refractivity contribution in [3.63, 3.8) is 0 Å². The fraction of sp³-hybridized carbons (Fsp3) is 0.364. The summed E-state index contributed by atoms with van der Waals surface area (Å²) in [5.41, 5.74) is 0.658. The number of rotatable bonds is 3. The quantitative estimate of drug-likeness (QED) is 0.763. The molecule has 0 aliphatic rings. The molecule has 0 atom stereocenters. The van der Waals surface area contributed by atoms with Crippen molar-refractivity contribution in [1.82, 2.24) is 5.32 Å². The molecule has 1 aromatic carbocycles. The molecule has 1 aromatic rings. The maximum atomic E-state index is 11.4. The van der Waals surface area contributed by atoms with Crippen LogP contribution in [0.3, 0.4) is 0 Å². The van der Waals surface area contributed by atoms with Crippen LogP contribution in [0.2, 0.25) is 0 Å². The molecule has 0 bridgehead atoms. The maximum Gasteiger partial charge on any atom is 0.224 e. The van der Waals surface area contributed by atoms with E-state index in [0.717, 1.165) is 0 Å². The normalized spacial score (nSPS) is 10.2. The highest BCUT2D eigenvalue weighted by atomic mass is 16.3. The van der Waals surface area contributed by atoms with Crippen molar-refractivity contribution in [2.75, 3.05) is 0 Å². The number of aromatic hydroxyl groups is 1. The molecule has 0 saturated heterocycles. The molecule has 0 aliphatic carbocycles. The first-order chi connectivity index (χ1) is 6.59. The van der Waals surface area contributed by atoms with Gasteiger partial charge in [0.05, 0.1) is 6.42 Å². The molecule has 0 unspecified atom stereocenters. The molecule has 0 spiro atoms. The molecule has 0 radical (unpaired) electrons. The van der Waals surface area contributed by atoms with Gasteiger partial charge in [0.25, 0.3) is 0 Å². The van der Waals surface area contributed by atoms with Crippen molar-refractivity contribution >= 4 is 5.91 Å². The van der Waals surface area contributed by atoms with Gasteiger partial charge in [0.2, 0.25) is 5.91 Å². The molecule has 0 fully saturated rings. The molecule has 0 aromatic heterocycles. The highest BCUT2D eigenvalue weighted by molar-refractivity contribution is 5.79. The first kappa shape index (κ1) is 10.6. The Balaban J connectivity index is 2.61. The van der Waals surface area contributed by atoms with E-state index in [1.807, 2.05) is 13.8 Å². The minimum Gasteiger partial charge on any atom is -0.508 e. The van der Waals surface area contributed by atoms with Crippen LogP contribution in [0.4, 0.5) is 0 Å². The number of carbonyl (C=O) groups is 1. The summed E-state index contributed by atoms with van der Waals surface area (Å²) in [5, 5.41) is 12.2. The molecule has 0 aliphatic heterocycles. The lowest BCUT2D eigenvalue weighted by Crippen LogP contribution is -2.31. The van der Waals surface area contributed by atoms with Gasteiger partial charge in [0, 0.05) is 11.6 Å². The molecule has 1 amide bonds. The average molecular weight is 193 g/mol. The van der Waals surface area contributed by atoms with E-state index in [4.69, 9.17) is 0 Å². The van der Waals surface area contributed by atoms with Gasteiger partial charge in [0.15, 0.2) is 0 Å². The Hall–Kier alpha value is -1.51. The second-order valence-electron chi connectivity index (χ2n) is 3.53. The van der Waals surface area contributed by atoms with Crippen LogP contribution in [0.25, 0.3) is 0 Å². The Labute approximate surface area is 83.8 Å². The fourth-order valence-electron chi connectivity index (χ4n) is 1.21. The van der Waals surface area contributed by atoms with Gasteiger partial charge in [-0.05, 0) is 19.9 Å². The van der Waals surface area contributed by atoms with E-state index in [1.54, 1.807) is 24.3 Å². The Kier molecular flexibility index (Phi) is 3.51. The van der Waals surface area contributed by atoms with Crippen molar-refractivity contribution in [3.8, 4) is 5.75 Å². The zero-order valence-corrected chi connectivity index (χ0v) is 8.45. The lowest BCUT2D eigenvalue weighted by Gasteiger charge is -2.08. The molecule has 2 N–H and O–H groups in total. The smallest absolute Gasteiger partial charge is 0.224 e. The minimum atomic E-state index is -0.0681. The third-order valence-electron chi connectivity index (χ3n) is 1.79. The standard InChI is InChI=1S/C11H15NO2/c1-8(2)12-11(14)7-9-5-3-4-6-10(9)13/h3-6,8,13H,7H2,1-2H3,(H,12,14). The molecule has 3 heteroatoms. The molecule has 0 heterocycles. The summed E-state index contributed by atoms with van der Waals surface area (Å²) in [4.78, 5) is 11.4. The summed E-state index contributed by atoms with van der Waals surface area (Å²) in [7, 11) is 0. The molecule has 3 nitrogen and oxygen atoms in total. The van der Waals surface area contributed by atoms with Crippen LogP contribution in [-0.2, 0) is 11.2 Å². The molecule has 14 heavy (non-hydrogen) atoms. The van der Waals surface area contributed by atoms with Crippen molar-refractivity contribution in [1.29, 1.82) is 0 Å². The van der Waals surface area contributed by atoms with Crippen LogP contribution in [0.15, 0.2) is 24.3 Å². The number of benzene rings is 1. The lowest BCUT2D eigenvalue weighted by atomic mass is 10.1. The Morgan fingerprint density at radius 2 is 2.07 bits per heavy atom. The highest BCUT2D eigenvalue weighted by Crippen LogP contribution is 2.15. The van der Waals surface area contributed by atoms with Gasteiger partial charge < -0.3 is 10.4 Å². The second kappa shape index (κ2) is 4.65. The third kappa shape index (κ3) is 3.09. The van der Waals surface area contributed by atoms with Gasteiger partial charge in [-0.3, -0.25) is 4.79 Å². The number of hydrogen-bond acceptors (Lipinski definition) is 2. The Bertz CT molecular complexity index is 321. The number of hydrogen-bond donors (Lipinski definition) is 2. The van der Waals surface area contributed by atoms with Gasteiger partial charge >= 0.3 is 0 Å². The van der Waals surface area contributed by atoms with E-state index in [0.29, 0.717) is 5.56 Å². The SMILES string of the molecule is CC(C)NC(=O)Cc1ccccc1O. The van der Waals surface area contributed by atoms with Crippen LogP contribution >= 0.6 is 0 Å². The van der Waals surface area contributed by atoms with Crippen LogP contribution in [0.5, 0.6) is 5.75 Å². The highest BCUT2D eigenvalue weighted by Gasteiger charge is 2.07. The van der Waals surface area contributed by atoms with E-state index in [1.165, 1.54) is 0 Å². The minimum absolute atomic E-state index is 0.0681. The van der Waals surface area contributed by atoms with Gasteiger partial charge in [0.1, 0.15) is 5.75 Å². The van der Waals surface area contributed by atoms with Crippen LogP contribution in [0.1, 0.15) is 19.4 Å². The number of phenols is 1. The second-order valence-corrected chi connectivity index (χ2v) is 3.53. The van der Waals surface area contributed by atoms with E-state index < -0.39 is 0 Å². The summed E-state index contributed by atoms with van der Waals surface area (Å²) >= 11 is 0. The first-order valence-corrected chi connectivity index (χ1v) is 4.66. The molecular formula is C11H15NO2. The van der Waals surface area contributed by atoms with Crippen molar-refractivity contribution in [3.05, 3.63) is 29.8 Å². The number of para-hydroxylation sites is 1. The maximum absolute atomic E-state index is 11.4. The molecular weight excluding hydrogens is 178 g/mol. The predicted octanol–water partition coefficient (Wildman–Crippen LogP) is 1.46. The third-order valence-corrected chi connectivity index (χ3v) is 1.79. The summed E-state index contributed by atoms with van der Waals surface area (Å²) < 4.78 is 0. The zero-order valence-electron chi connectivity index (χ0n) is 8.45. The summed E-state index contributed by atoms with van der Waals surface area (Å²) in [6.07, 6.45) is 0.227. The monoisotopic (exact) mass is 193 g/mol. The largest absolute Gasteiger partial charge is 0.508 e. The van der Waals surface area contributed by atoms with Crippen LogP contribution in [-0.4, -0.2) is 17.1 Å². The van der Waals surface area contributed by atoms with Crippen molar-refractivity contribution in [2.24, 2.45) is 0 Å². The Morgan fingerprint density at radius 1 is 1.43 bits per heavy atom. The van der Waals surface area contributed by atoms with Gasteiger partial charge in [-0.2, -0.15) is 0 Å².